The van der Waals surface area contributed by atoms with E-state index in [2.05, 4.69) is 19.2 Å². The monoisotopic (exact) mass is 380 g/mol. The van der Waals surface area contributed by atoms with E-state index < -0.39 is 12.6 Å². The van der Waals surface area contributed by atoms with Crippen molar-refractivity contribution in [2.45, 2.75) is 39.2 Å². The number of anilines is 2. The highest BCUT2D eigenvalue weighted by Crippen LogP contribution is 2.31. The minimum absolute atomic E-state index is 0.155. The van der Waals surface area contributed by atoms with Crippen molar-refractivity contribution >= 4 is 29.2 Å². The fourth-order valence-corrected chi connectivity index (χ4v) is 3.25. The first kappa shape index (κ1) is 19.6. The molecule has 0 spiro atoms. The number of rotatable bonds is 4. The first-order valence-corrected chi connectivity index (χ1v) is 9.35. The second-order valence-electron chi connectivity index (χ2n) is 7.24. The molecular weight excluding hydrogens is 356 g/mol. The smallest absolute Gasteiger partial charge is 0.338 e. The van der Waals surface area contributed by atoms with Crippen molar-refractivity contribution in [2.75, 3.05) is 16.8 Å². The van der Waals surface area contributed by atoms with E-state index in [1.807, 2.05) is 12.1 Å². The Morgan fingerprint density at radius 3 is 2.50 bits per heavy atom. The number of carbonyl (C=O) groups is 3. The Bertz CT molecular complexity index is 890. The quantitative estimate of drug-likeness (QED) is 0.820. The molecule has 0 saturated heterocycles. The van der Waals surface area contributed by atoms with E-state index in [0.717, 1.165) is 5.56 Å². The van der Waals surface area contributed by atoms with Crippen LogP contribution >= 0.6 is 0 Å². The van der Waals surface area contributed by atoms with E-state index in [4.69, 9.17) is 4.74 Å². The second kappa shape index (κ2) is 8.25. The van der Waals surface area contributed by atoms with Crippen LogP contribution in [0.1, 0.15) is 49.0 Å². The van der Waals surface area contributed by atoms with E-state index in [1.165, 1.54) is 4.90 Å². The molecule has 0 saturated carbocycles. The van der Waals surface area contributed by atoms with Gasteiger partial charge in [0.2, 0.25) is 5.91 Å². The zero-order valence-electron chi connectivity index (χ0n) is 16.3. The average Bonchev–Trinajstić information content (AvgIpc) is 2.80. The van der Waals surface area contributed by atoms with Crippen molar-refractivity contribution in [1.29, 1.82) is 0 Å². The van der Waals surface area contributed by atoms with Crippen molar-refractivity contribution in [3.05, 3.63) is 59.7 Å². The number of esters is 1. The van der Waals surface area contributed by atoms with Crippen molar-refractivity contribution in [2.24, 2.45) is 0 Å². The highest BCUT2D eigenvalue weighted by molar-refractivity contribution is 6.05. The van der Waals surface area contributed by atoms with Gasteiger partial charge in [0.15, 0.2) is 6.61 Å². The summed E-state index contributed by atoms with van der Waals surface area (Å²) in [5.74, 6) is -0.706. The fourth-order valence-electron chi connectivity index (χ4n) is 3.25. The SMILES string of the molecule is CC(C)c1ccc(C(=O)OCC(=O)N2c3ccccc3NC(=O)C[C@@H]2C)cc1. The molecule has 1 aliphatic heterocycles. The molecule has 1 N–H and O–H groups in total. The molecular formula is C22H24N2O4. The van der Waals surface area contributed by atoms with Gasteiger partial charge >= 0.3 is 5.97 Å². The molecule has 1 atom stereocenters. The Balaban J connectivity index is 1.71. The van der Waals surface area contributed by atoms with E-state index >= 15 is 0 Å². The third kappa shape index (κ3) is 4.22. The Morgan fingerprint density at radius 2 is 1.82 bits per heavy atom. The zero-order valence-corrected chi connectivity index (χ0v) is 16.3. The standard InChI is InChI=1S/C22H24N2O4/c1-14(2)16-8-10-17(11-9-16)22(27)28-13-21(26)24-15(3)12-20(25)23-18-6-4-5-7-19(18)24/h4-11,14-15H,12-13H2,1-3H3,(H,23,25)/t15-/m0/s1. The first-order valence-electron chi connectivity index (χ1n) is 9.35. The molecule has 0 radical (unpaired) electrons. The molecule has 0 aliphatic carbocycles. The molecule has 6 heteroatoms. The summed E-state index contributed by atoms with van der Waals surface area (Å²) in [5, 5.41) is 2.80. The molecule has 6 nitrogen and oxygen atoms in total. The van der Waals surface area contributed by atoms with Crippen LogP contribution < -0.4 is 10.2 Å². The molecule has 1 aliphatic rings. The Labute approximate surface area is 164 Å². The Hall–Kier alpha value is -3.15. The van der Waals surface area contributed by atoms with Gasteiger partial charge in [-0.05, 0) is 42.7 Å². The zero-order chi connectivity index (χ0) is 20.3. The molecule has 0 aromatic heterocycles. The van der Waals surface area contributed by atoms with Gasteiger partial charge in [-0.1, -0.05) is 38.1 Å². The third-order valence-corrected chi connectivity index (χ3v) is 4.77. The van der Waals surface area contributed by atoms with Crippen molar-refractivity contribution in [3.8, 4) is 0 Å². The number of carbonyl (C=O) groups excluding carboxylic acids is 3. The van der Waals surface area contributed by atoms with Crippen LogP contribution in [-0.4, -0.2) is 30.4 Å². The van der Waals surface area contributed by atoms with E-state index in [0.29, 0.717) is 22.9 Å². The van der Waals surface area contributed by atoms with Crippen LogP contribution in [-0.2, 0) is 14.3 Å². The van der Waals surface area contributed by atoms with Crippen molar-refractivity contribution < 1.29 is 19.1 Å². The minimum atomic E-state index is -0.548. The number of fused-ring (bicyclic) bond motifs is 1. The number of hydrogen-bond acceptors (Lipinski definition) is 4. The van der Waals surface area contributed by atoms with Gasteiger partial charge in [0.25, 0.3) is 5.91 Å². The predicted molar refractivity (Wildman–Crippen MR) is 107 cm³/mol. The highest BCUT2D eigenvalue weighted by atomic mass is 16.5. The van der Waals surface area contributed by atoms with E-state index in [1.54, 1.807) is 43.3 Å². The summed E-state index contributed by atoms with van der Waals surface area (Å²) in [6.07, 6.45) is 0.172. The molecule has 0 bridgehead atoms. The number of benzene rings is 2. The van der Waals surface area contributed by atoms with Crippen LogP contribution in [0.5, 0.6) is 0 Å². The summed E-state index contributed by atoms with van der Waals surface area (Å²) < 4.78 is 5.24. The molecule has 0 fully saturated rings. The molecule has 3 rings (SSSR count). The summed E-state index contributed by atoms with van der Waals surface area (Å²) in [5.41, 5.74) is 2.70. The highest BCUT2D eigenvalue weighted by Gasteiger charge is 2.30. The van der Waals surface area contributed by atoms with Gasteiger partial charge in [-0.25, -0.2) is 4.79 Å². The number of hydrogen-bond donors (Lipinski definition) is 1. The number of nitrogens with zero attached hydrogens (tertiary/aromatic N) is 1. The third-order valence-electron chi connectivity index (χ3n) is 4.77. The van der Waals surface area contributed by atoms with Gasteiger partial charge in [0.05, 0.1) is 16.9 Å². The lowest BCUT2D eigenvalue weighted by Gasteiger charge is -2.27. The number of para-hydroxylation sites is 2. The van der Waals surface area contributed by atoms with E-state index in [9.17, 15) is 14.4 Å². The predicted octanol–water partition coefficient (Wildman–Crippen LogP) is 3.73. The Morgan fingerprint density at radius 1 is 1.14 bits per heavy atom. The van der Waals surface area contributed by atoms with Gasteiger partial charge in [-0.15, -0.1) is 0 Å². The number of ether oxygens (including phenoxy) is 1. The summed E-state index contributed by atoms with van der Waals surface area (Å²) in [4.78, 5) is 38.7. The maximum absolute atomic E-state index is 12.8. The van der Waals surface area contributed by atoms with Crippen LogP contribution in [0, 0.1) is 0 Å². The van der Waals surface area contributed by atoms with Crippen molar-refractivity contribution in [1.82, 2.24) is 0 Å². The van der Waals surface area contributed by atoms with Gasteiger partial charge < -0.3 is 15.0 Å². The second-order valence-corrected chi connectivity index (χ2v) is 7.24. The van der Waals surface area contributed by atoms with Gasteiger partial charge in [0, 0.05) is 12.5 Å². The topological polar surface area (TPSA) is 75.7 Å². The maximum atomic E-state index is 12.8. The number of amides is 2. The molecule has 0 unspecified atom stereocenters. The van der Waals surface area contributed by atoms with Crippen LogP contribution in [0.25, 0.3) is 0 Å². The molecule has 2 aromatic carbocycles. The largest absolute Gasteiger partial charge is 0.452 e. The van der Waals surface area contributed by atoms with Crippen LogP contribution in [0.4, 0.5) is 11.4 Å². The minimum Gasteiger partial charge on any atom is -0.452 e. The molecule has 2 aromatic rings. The molecule has 2 amide bonds. The van der Waals surface area contributed by atoms with Gasteiger partial charge in [0.1, 0.15) is 0 Å². The molecule has 28 heavy (non-hydrogen) atoms. The van der Waals surface area contributed by atoms with Crippen LogP contribution in [0.2, 0.25) is 0 Å². The van der Waals surface area contributed by atoms with Crippen LogP contribution in [0.15, 0.2) is 48.5 Å². The summed E-state index contributed by atoms with van der Waals surface area (Å²) in [6, 6.07) is 13.9. The van der Waals surface area contributed by atoms with E-state index in [-0.39, 0.29) is 24.3 Å². The van der Waals surface area contributed by atoms with Gasteiger partial charge in [-0.2, -0.15) is 0 Å². The van der Waals surface area contributed by atoms with Crippen molar-refractivity contribution in [3.63, 3.8) is 0 Å². The molecule has 1 heterocycles. The number of nitrogens with one attached hydrogen (secondary N) is 1. The fraction of sp³-hybridized carbons (Fsp3) is 0.318. The average molecular weight is 380 g/mol. The lowest BCUT2D eigenvalue weighted by atomic mass is 10.0. The Kier molecular flexibility index (Phi) is 5.78. The maximum Gasteiger partial charge on any atom is 0.338 e. The summed E-state index contributed by atoms with van der Waals surface area (Å²) >= 11 is 0. The van der Waals surface area contributed by atoms with Crippen LogP contribution in [0.3, 0.4) is 0 Å². The summed E-state index contributed by atoms with van der Waals surface area (Å²) in [7, 11) is 0. The summed E-state index contributed by atoms with van der Waals surface area (Å²) in [6.45, 7) is 5.56. The first-order chi connectivity index (χ1) is 13.4. The lowest BCUT2D eigenvalue weighted by Crippen LogP contribution is -2.41. The molecule has 146 valence electrons. The lowest BCUT2D eigenvalue weighted by molar-refractivity contribution is -0.122. The normalized spacial score (nSPS) is 16.2. The van der Waals surface area contributed by atoms with Gasteiger partial charge in [-0.3, -0.25) is 9.59 Å².